The van der Waals surface area contributed by atoms with E-state index in [2.05, 4.69) is 0 Å². The van der Waals surface area contributed by atoms with E-state index in [1.807, 2.05) is 27.7 Å². The molecule has 1 heterocycles. The van der Waals surface area contributed by atoms with Gasteiger partial charge in [0.15, 0.2) is 0 Å². The predicted molar refractivity (Wildman–Crippen MR) is 70.9 cm³/mol. The van der Waals surface area contributed by atoms with E-state index < -0.39 is 36.1 Å². The van der Waals surface area contributed by atoms with Crippen LogP contribution < -0.4 is 5.73 Å². The van der Waals surface area contributed by atoms with Crippen molar-refractivity contribution in [2.24, 2.45) is 5.73 Å². The van der Waals surface area contributed by atoms with E-state index in [9.17, 15) is 13.2 Å². The van der Waals surface area contributed by atoms with E-state index in [1.165, 1.54) is 0 Å². The molecule has 0 saturated carbocycles. The van der Waals surface area contributed by atoms with Gasteiger partial charge in [-0.1, -0.05) is 12.2 Å². The Bertz CT molecular complexity index is 453. The molecular weight excluding hydrogens is 270 g/mol. The Labute approximate surface area is 117 Å². The number of allylic oxidation sites excluding steroid dienone is 2. The third-order valence-electron chi connectivity index (χ3n) is 4.19. The minimum Gasteiger partial charge on any atom is -0.400 e. The molecule has 7 heteroatoms. The summed E-state index contributed by atoms with van der Waals surface area (Å²) in [4.78, 5) is 0. The van der Waals surface area contributed by atoms with Gasteiger partial charge in [0.2, 0.25) is 0 Å². The molecule has 0 amide bonds. The Hall–Kier alpha value is -0.785. The van der Waals surface area contributed by atoms with Crippen LogP contribution in [0.25, 0.3) is 0 Å². The molecule has 0 radical (unpaired) electrons. The monoisotopic (exact) mass is 289 g/mol. The SMILES string of the molecule is CC1(C)OB(C2=CC(C(F)(F)F)=CCC2N)OC1(C)C. The second kappa shape index (κ2) is 4.61. The first-order valence-electron chi connectivity index (χ1n) is 6.54. The second-order valence-corrected chi connectivity index (χ2v) is 6.23. The maximum Gasteiger partial charge on any atom is 0.492 e. The Balaban J connectivity index is 2.29. The molecule has 1 unspecified atom stereocenters. The predicted octanol–water partition coefficient (Wildman–Crippen LogP) is 2.76. The van der Waals surface area contributed by atoms with Crippen molar-refractivity contribution in [3.63, 3.8) is 0 Å². The normalized spacial score (nSPS) is 29.2. The summed E-state index contributed by atoms with van der Waals surface area (Å²) in [6.45, 7) is 7.40. The molecule has 0 aromatic rings. The van der Waals surface area contributed by atoms with E-state index in [0.29, 0.717) is 5.47 Å². The first-order chi connectivity index (χ1) is 8.94. The van der Waals surface area contributed by atoms with Crippen molar-refractivity contribution in [2.75, 3.05) is 0 Å². The van der Waals surface area contributed by atoms with Crippen molar-refractivity contribution in [2.45, 2.75) is 57.5 Å². The number of alkyl halides is 3. The second-order valence-electron chi connectivity index (χ2n) is 6.23. The highest BCUT2D eigenvalue weighted by atomic mass is 19.4. The lowest BCUT2D eigenvalue weighted by atomic mass is 9.70. The standard InChI is InChI=1S/C13H19BF3NO2/c1-11(2)12(3,4)20-14(19-11)9-7-8(13(15,16)17)5-6-10(9)18/h5,7,10H,6,18H2,1-4H3. The van der Waals surface area contributed by atoms with Crippen LogP contribution in [0.15, 0.2) is 23.2 Å². The zero-order valence-corrected chi connectivity index (χ0v) is 12.0. The first-order valence-corrected chi connectivity index (χ1v) is 6.54. The third kappa shape index (κ3) is 2.66. The summed E-state index contributed by atoms with van der Waals surface area (Å²) < 4.78 is 49.9. The van der Waals surface area contributed by atoms with Crippen LogP contribution in [0.2, 0.25) is 0 Å². The van der Waals surface area contributed by atoms with Crippen molar-refractivity contribution in [1.82, 2.24) is 0 Å². The molecule has 0 aromatic heterocycles. The lowest BCUT2D eigenvalue weighted by Gasteiger charge is -2.32. The summed E-state index contributed by atoms with van der Waals surface area (Å²) in [5.41, 5.74) is 4.36. The van der Waals surface area contributed by atoms with Crippen molar-refractivity contribution < 1.29 is 22.5 Å². The number of nitrogens with two attached hydrogens (primary N) is 1. The van der Waals surface area contributed by atoms with Gasteiger partial charge < -0.3 is 15.0 Å². The Morgan fingerprint density at radius 1 is 1.20 bits per heavy atom. The van der Waals surface area contributed by atoms with Crippen LogP contribution in [0.4, 0.5) is 13.2 Å². The van der Waals surface area contributed by atoms with Crippen molar-refractivity contribution in [3.05, 3.63) is 23.2 Å². The summed E-state index contributed by atoms with van der Waals surface area (Å²) in [6.07, 6.45) is -2.09. The molecular formula is C13H19BF3NO2. The van der Waals surface area contributed by atoms with Crippen LogP contribution in [0.1, 0.15) is 34.1 Å². The van der Waals surface area contributed by atoms with Gasteiger partial charge >= 0.3 is 13.3 Å². The van der Waals surface area contributed by atoms with Crippen LogP contribution in [-0.4, -0.2) is 30.5 Å². The molecule has 1 atom stereocenters. The minimum absolute atomic E-state index is 0.130. The highest BCUT2D eigenvalue weighted by Crippen LogP contribution is 2.41. The molecule has 1 fully saturated rings. The third-order valence-corrected chi connectivity index (χ3v) is 4.19. The quantitative estimate of drug-likeness (QED) is 0.755. The molecule has 1 saturated heterocycles. The van der Waals surface area contributed by atoms with Gasteiger partial charge in [0.1, 0.15) is 0 Å². The summed E-state index contributed by atoms with van der Waals surface area (Å²) >= 11 is 0. The van der Waals surface area contributed by atoms with Crippen LogP contribution in [0.5, 0.6) is 0 Å². The Kier molecular flexibility index (Phi) is 3.60. The molecule has 3 nitrogen and oxygen atoms in total. The summed E-state index contributed by atoms with van der Waals surface area (Å²) in [6, 6.07) is -0.518. The highest BCUT2D eigenvalue weighted by molar-refractivity contribution is 6.55. The van der Waals surface area contributed by atoms with Gasteiger partial charge in [-0.15, -0.1) is 0 Å². The maximum absolute atomic E-state index is 12.8. The zero-order valence-electron chi connectivity index (χ0n) is 12.0. The molecule has 1 aliphatic carbocycles. The van der Waals surface area contributed by atoms with Gasteiger partial charge in [0.05, 0.1) is 16.8 Å². The van der Waals surface area contributed by atoms with Gasteiger partial charge in [0, 0.05) is 6.04 Å². The van der Waals surface area contributed by atoms with Crippen molar-refractivity contribution in [3.8, 4) is 0 Å². The van der Waals surface area contributed by atoms with Gasteiger partial charge in [-0.25, -0.2) is 0 Å². The Morgan fingerprint density at radius 2 is 1.70 bits per heavy atom. The Morgan fingerprint density at radius 3 is 2.15 bits per heavy atom. The molecule has 20 heavy (non-hydrogen) atoms. The molecule has 0 bridgehead atoms. The topological polar surface area (TPSA) is 44.5 Å². The number of hydrogen-bond acceptors (Lipinski definition) is 3. The van der Waals surface area contributed by atoms with Crippen LogP contribution in [0.3, 0.4) is 0 Å². The van der Waals surface area contributed by atoms with Crippen LogP contribution >= 0.6 is 0 Å². The fourth-order valence-electron chi connectivity index (χ4n) is 2.16. The average Bonchev–Trinajstić information content (AvgIpc) is 2.46. The molecule has 2 aliphatic rings. The number of hydrogen-bond donors (Lipinski definition) is 1. The number of rotatable bonds is 1. The van der Waals surface area contributed by atoms with Gasteiger partial charge in [-0.3, -0.25) is 0 Å². The summed E-state index contributed by atoms with van der Waals surface area (Å²) in [7, 11) is -0.832. The average molecular weight is 289 g/mol. The van der Waals surface area contributed by atoms with E-state index >= 15 is 0 Å². The van der Waals surface area contributed by atoms with E-state index in [1.54, 1.807) is 0 Å². The first kappa shape index (κ1) is 15.6. The lowest BCUT2D eigenvalue weighted by molar-refractivity contribution is -0.0886. The molecule has 2 rings (SSSR count). The van der Waals surface area contributed by atoms with E-state index in [-0.39, 0.29) is 6.42 Å². The molecule has 1 aliphatic heterocycles. The number of halogens is 3. The molecule has 0 spiro atoms. The maximum atomic E-state index is 12.8. The van der Waals surface area contributed by atoms with E-state index in [0.717, 1.165) is 12.2 Å². The molecule has 2 N–H and O–H groups in total. The fourth-order valence-corrected chi connectivity index (χ4v) is 2.16. The van der Waals surface area contributed by atoms with E-state index in [4.69, 9.17) is 15.0 Å². The van der Waals surface area contributed by atoms with Crippen LogP contribution in [-0.2, 0) is 9.31 Å². The van der Waals surface area contributed by atoms with Gasteiger partial charge in [0.25, 0.3) is 0 Å². The van der Waals surface area contributed by atoms with Gasteiger partial charge in [-0.2, -0.15) is 13.2 Å². The highest BCUT2D eigenvalue weighted by Gasteiger charge is 2.53. The molecule has 112 valence electrons. The van der Waals surface area contributed by atoms with Crippen molar-refractivity contribution >= 4 is 7.12 Å². The largest absolute Gasteiger partial charge is 0.492 e. The lowest BCUT2D eigenvalue weighted by Crippen LogP contribution is -2.41. The minimum atomic E-state index is -4.38. The summed E-state index contributed by atoms with van der Waals surface area (Å²) in [5.74, 6) is 0. The smallest absolute Gasteiger partial charge is 0.400 e. The zero-order chi connectivity index (χ0) is 15.3. The molecule has 0 aromatic carbocycles. The fraction of sp³-hybridized carbons (Fsp3) is 0.692. The van der Waals surface area contributed by atoms with Crippen LogP contribution in [0, 0.1) is 0 Å². The van der Waals surface area contributed by atoms with Crippen molar-refractivity contribution in [1.29, 1.82) is 0 Å². The van der Waals surface area contributed by atoms with Gasteiger partial charge in [-0.05, 0) is 39.6 Å². The summed E-state index contributed by atoms with van der Waals surface area (Å²) in [5, 5.41) is 0.